The van der Waals surface area contributed by atoms with E-state index in [2.05, 4.69) is 20.8 Å². The lowest BCUT2D eigenvalue weighted by atomic mass is 10.0. The van der Waals surface area contributed by atoms with Crippen molar-refractivity contribution in [2.75, 3.05) is 20.2 Å². The number of hydrogen-bond acceptors (Lipinski definition) is 6. The summed E-state index contributed by atoms with van der Waals surface area (Å²) < 4.78 is 10.5. The number of aromatic nitrogens is 2. The molecule has 3 rings (SSSR count). The fourth-order valence-corrected chi connectivity index (χ4v) is 3.15. The van der Waals surface area contributed by atoms with Gasteiger partial charge in [-0.25, -0.2) is 0 Å². The van der Waals surface area contributed by atoms with Gasteiger partial charge in [-0.3, -0.25) is 4.79 Å². The van der Waals surface area contributed by atoms with Crippen molar-refractivity contribution >= 4 is 18.3 Å². The van der Waals surface area contributed by atoms with Crippen LogP contribution in [0.25, 0.3) is 0 Å². The van der Waals surface area contributed by atoms with Crippen LogP contribution in [-0.2, 0) is 4.79 Å². The molecule has 2 aromatic rings. The number of nitrogens with one attached hydrogen (secondary N) is 2. The maximum atomic E-state index is 12.5. The lowest BCUT2D eigenvalue weighted by molar-refractivity contribution is -0.121. The summed E-state index contributed by atoms with van der Waals surface area (Å²) in [6, 6.07) is 7.04. The predicted octanol–water partition coefficient (Wildman–Crippen LogP) is 2.40. The molecule has 2 N–H and O–H groups in total. The van der Waals surface area contributed by atoms with Gasteiger partial charge in [0, 0.05) is 18.9 Å². The number of carbonyl (C=O) groups is 1. The minimum Gasteiger partial charge on any atom is -0.496 e. The van der Waals surface area contributed by atoms with E-state index in [9.17, 15) is 4.79 Å². The number of methoxy groups -OCH3 is 1. The van der Waals surface area contributed by atoms with Crippen molar-refractivity contribution < 1.29 is 14.1 Å². The van der Waals surface area contributed by atoms with Gasteiger partial charge in [-0.2, -0.15) is 4.98 Å². The summed E-state index contributed by atoms with van der Waals surface area (Å²) in [4.78, 5) is 16.8. The maximum absolute atomic E-state index is 12.5. The second-order valence-corrected chi connectivity index (χ2v) is 6.31. The number of hydrogen-bond donors (Lipinski definition) is 2. The SMILES string of the molecule is COc1ccccc1C(NC(=O)CCC1CCNC1)c1noc(C)n1.Cl. The fourth-order valence-electron chi connectivity index (χ4n) is 3.15. The Morgan fingerprint density at radius 2 is 2.27 bits per heavy atom. The number of ether oxygens (including phenoxy) is 1. The zero-order chi connectivity index (χ0) is 17.6. The average Bonchev–Trinajstić information content (AvgIpc) is 3.29. The third-order valence-electron chi connectivity index (χ3n) is 4.50. The van der Waals surface area contributed by atoms with Gasteiger partial charge < -0.3 is 19.9 Å². The van der Waals surface area contributed by atoms with E-state index in [1.165, 1.54) is 0 Å². The van der Waals surface area contributed by atoms with Crippen molar-refractivity contribution in [3.63, 3.8) is 0 Å². The average molecular weight is 381 g/mol. The largest absolute Gasteiger partial charge is 0.496 e. The van der Waals surface area contributed by atoms with E-state index < -0.39 is 6.04 Å². The Hall–Kier alpha value is -2.12. The van der Waals surface area contributed by atoms with Crippen LogP contribution < -0.4 is 15.4 Å². The quantitative estimate of drug-likeness (QED) is 0.766. The molecule has 0 aliphatic carbocycles. The zero-order valence-electron chi connectivity index (χ0n) is 15.0. The molecule has 1 aromatic heterocycles. The number of aryl methyl sites for hydroxylation is 1. The van der Waals surface area contributed by atoms with E-state index in [-0.39, 0.29) is 18.3 Å². The molecule has 0 saturated carbocycles. The van der Waals surface area contributed by atoms with Crippen molar-refractivity contribution in [2.24, 2.45) is 5.92 Å². The van der Waals surface area contributed by atoms with Crippen molar-refractivity contribution in [3.05, 3.63) is 41.5 Å². The van der Waals surface area contributed by atoms with Gasteiger partial charge in [-0.15, -0.1) is 12.4 Å². The first-order valence-corrected chi connectivity index (χ1v) is 8.60. The van der Waals surface area contributed by atoms with Crippen LogP contribution in [0.15, 0.2) is 28.8 Å². The molecular formula is C18H25ClN4O3. The lowest BCUT2D eigenvalue weighted by Crippen LogP contribution is -2.30. The molecule has 2 heterocycles. The van der Waals surface area contributed by atoms with Gasteiger partial charge in [0.1, 0.15) is 11.8 Å². The number of para-hydroxylation sites is 1. The molecule has 26 heavy (non-hydrogen) atoms. The van der Waals surface area contributed by atoms with Crippen molar-refractivity contribution in [1.29, 1.82) is 0 Å². The predicted molar refractivity (Wildman–Crippen MR) is 99.5 cm³/mol. The van der Waals surface area contributed by atoms with E-state index in [0.29, 0.717) is 29.8 Å². The van der Waals surface area contributed by atoms with Crippen LogP contribution >= 0.6 is 12.4 Å². The molecule has 0 spiro atoms. The highest BCUT2D eigenvalue weighted by atomic mass is 35.5. The van der Waals surface area contributed by atoms with Gasteiger partial charge in [-0.05, 0) is 37.9 Å². The first kappa shape index (κ1) is 20.2. The number of benzene rings is 1. The van der Waals surface area contributed by atoms with E-state index in [1.807, 2.05) is 24.3 Å². The Kier molecular flexibility index (Phi) is 7.41. The summed E-state index contributed by atoms with van der Waals surface area (Å²) in [7, 11) is 1.60. The summed E-state index contributed by atoms with van der Waals surface area (Å²) >= 11 is 0. The Labute approximate surface area is 159 Å². The molecule has 1 amide bonds. The molecule has 1 aliphatic heterocycles. The number of rotatable bonds is 7. The molecule has 1 fully saturated rings. The van der Waals surface area contributed by atoms with Crippen LogP contribution in [-0.4, -0.2) is 36.2 Å². The van der Waals surface area contributed by atoms with E-state index >= 15 is 0 Å². The van der Waals surface area contributed by atoms with E-state index in [0.717, 1.165) is 31.5 Å². The standard InChI is InChI=1S/C18H24N4O3.ClH/c1-12-20-18(22-25-12)17(14-5-3-4-6-15(14)24-2)21-16(23)8-7-13-9-10-19-11-13;/h3-6,13,17,19H,7-11H2,1-2H3,(H,21,23);1H. The van der Waals surface area contributed by atoms with Gasteiger partial charge in [0.2, 0.25) is 11.8 Å². The monoisotopic (exact) mass is 380 g/mol. The van der Waals surface area contributed by atoms with Crippen LogP contribution in [0.5, 0.6) is 5.75 Å². The highest BCUT2D eigenvalue weighted by Gasteiger charge is 2.25. The van der Waals surface area contributed by atoms with Gasteiger partial charge in [0.25, 0.3) is 0 Å². The third kappa shape index (κ3) is 4.95. The Morgan fingerprint density at radius 3 is 2.92 bits per heavy atom. The van der Waals surface area contributed by atoms with Gasteiger partial charge in [0.15, 0.2) is 5.82 Å². The smallest absolute Gasteiger partial charge is 0.223 e. The number of amides is 1. The van der Waals surface area contributed by atoms with Gasteiger partial charge >= 0.3 is 0 Å². The second-order valence-electron chi connectivity index (χ2n) is 6.31. The zero-order valence-corrected chi connectivity index (χ0v) is 15.8. The van der Waals surface area contributed by atoms with Crippen LogP contribution in [0.3, 0.4) is 0 Å². The molecule has 142 valence electrons. The van der Waals surface area contributed by atoms with Crippen LogP contribution in [0.4, 0.5) is 0 Å². The highest BCUT2D eigenvalue weighted by Crippen LogP contribution is 2.28. The number of halogens is 1. The Balaban J connectivity index is 0.00000243. The van der Waals surface area contributed by atoms with Crippen molar-refractivity contribution in [2.45, 2.75) is 32.2 Å². The number of nitrogens with zero attached hydrogens (tertiary/aromatic N) is 2. The molecule has 0 radical (unpaired) electrons. The normalized spacial score (nSPS) is 17.4. The van der Waals surface area contributed by atoms with Crippen molar-refractivity contribution in [3.8, 4) is 5.75 Å². The first-order chi connectivity index (χ1) is 12.2. The molecule has 2 atom stereocenters. The van der Waals surface area contributed by atoms with Crippen LogP contribution in [0.1, 0.15) is 42.6 Å². The van der Waals surface area contributed by atoms with Crippen LogP contribution in [0.2, 0.25) is 0 Å². The Bertz CT molecular complexity index is 716. The van der Waals surface area contributed by atoms with Crippen LogP contribution in [0, 0.1) is 12.8 Å². The van der Waals surface area contributed by atoms with E-state index in [1.54, 1.807) is 14.0 Å². The molecule has 2 unspecified atom stereocenters. The second kappa shape index (κ2) is 9.54. The van der Waals surface area contributed by atoms with Crippen molar-refractivity contribution in [1.82, 2.24) is 20.8 Å². The molecule has 8 heteroatoms. The molecule has 0 bridgehead atoms. The van der Waals surface area contributed by atoms with E-state index in [4.69, 9.17) is 9.26 Å². The molecule has 7 nitrogen and oxygen atoms in total. The fraction of sp³-hybridized carbons (Fsp3) is 0.500. The summed E-state index contributed by atoms with van der Waals surface area (Å²) in [5.74, 6) is 2.11. The minimum atomic E-state index is -0.497. The molecule has 1 aromatic carbocycles. The molecule has 1 aliphatic rings. The topological polar surface area (TPSA) is 89.3 Å². The molecule has 1 saturated heterocycles. The van der Waals surface area contributed by atoms with Gasteiger partial charge in [-0.1, -0.05) is 23.4 Å². The number of carbonyl (C=O) groups excluding carboxylic acids is 1. The Morgan fingerprint density at radius 1 is 1.46 bits per heavy atom. The first-order valence-electron chi connectivity index (χ1n) is 8.60. The molecular weight excluding hydrogens is 356 g/mol. The third-order valence-corrected chi connectivity index (χ3v) is 4.50. The summed E-state index contributed by atoms with van der Waals surface area (Å²) in [5, 5.41) is 10.4. The van der Waals surface area contributed by atoms with Gasteiger partial charge in [0.05, 0.1) is 7.11 Å². The maximum Gasteiger partial charge on any atom is 0.223 e. The minimum absolute atomic E-state index is 0. The highest BCUT2D eigenvalue weighted by molar-refractivity contribution is 5.85. The summed E-state index contributed by atoms with van der Waals surface area (Å²) in [6.45, 7) is 3.76. The summed E-state index contributed by atoms with van der Waals surface area (Å²) in [6.07, 6.45) is 2.49. The summed E-state index contributed by atoms with van der Waals surface area (Å²) in [5.41, 5.74) is 0.807. The lowest BCUT2D eigenvalue weighted by Gasteiger charge is -2.19.